The Bertz CT molecular complexity index is 869. The van der Waals surface area contributed by atoms with Crippen LogP contribution in [0.3, 0.4) is 0 Å². The number of carboxylic acid groups (broad SMARTS) is 1. The van der Waals surface area contributed by atoms with E-state index in [2.05, 4.69) is 39.8 Å². The van der Waals surface area contributed by atoms with Gasteiger partial charge in [0.05, 0.1) is 11.1 Å². The van der Waals surface area contributed by atoms with E-state index in [1.165, 1.54) is 22.6 Å². The smallest absolute Gasteiger partial charge is 0.347 e. The van der Waals surface area contributed by atoms with Crippen molar-refractivity contribution in [2.24, 2.45) is 0 Å². The molecule has 0 fully saturated rings. The van der Waals surface area contributed by atoms with Gasteiger partial charge in [0.1, 0.15) is 5.69 Å². The molecule has 1 aliphatic heterocycles. The summed E-state index contributed by atoms with van der Waals surface area (Å²) in [6, 6.07) is 12.2. The molecule has 0 unspecified atom stereocenters. The van der Waals surface area contributed by atoms with Gasteiger partial charge in [0.25, 0.3) is 0 Å². The molecular weight excluding hydrogens is 346 g/mol. The number of aromatic carboxylic acids is 1. The Hall–Kier alpha value is -2.11. The van der Waals surface area contributed by atoms with Crippen LogP contribution in [0, 0.1) is 0 Å². The highest BCUT2D eigenvalue weighted by molar-refractivity contribution is 8.00. The number of carbonyl (C=O) groups is 2. The molecule has 0 saturated carbocycles. The predicted molar refractivity (Wildman–Crippen MR) is 103 cm³/mol. The van der Waals surface area contributed by atoms with Crippen LogP contribution in [0.4, 0.5) is 5.69 Å². The minimum absolute atomic E-state index is 0.0557. The van der Waals surface area contributed by atoms with E-state index in [1.807, 2.05) is 17.8 Å². The first kappa shape index (κ1) is 18.7. The SMILES string of the molecule is CC1(C)CC(C)(C)c2cc([NH2+]C(=O)c3ccc(C(=O)O)cc3)ccc2S1. The summed E-state index contributed by atoms with van der Waals surface area (Å²) in [5, 5.41) is 10.6. The van der Waals surface area contributed by atoms with Gasteiger partial charge in [0.15, 0.2) is 0 Å². The number of amides is 1. The predicted octanol–water partition coefficient (Wildman–Crippen LogP) is 3.97. The van der Waals surface area contributed by atoms with E-state index >= 15 is 0 Å². The number of carboxylic acids is 1. The fraction of sp³-hybridized carbons (Fsp3) is 0.333. The van der Waals surface area contributed by atoms with E-state index < -0.39 is 5.97 Å². The molecule has 2 aromatic rings. The van der Waals surface area contributed by atoms with Crippen LogP contribution < -0.4 is 5.32 Å². The van der Waals surface area contributed by atoms with Crippen molar-refractivity contribution in [2.75, 3.05) is 0 Å². The molecule has 4 nitrogen and oxygen atoms in total. The quantitative estimate of drug-likeness (QED) is 0.802. The molecule has 5 heteroatoms. The fourth-order valence-electron chi connectivity index (χ4n) is 3.76. The summed E-state index contributed by atoms with van der Waals surface area (Å²) in [6.45, 7) is 9.05. The van der Waals surface area contributed by atoms with Crippen LogP contribution in [0.5, 0.6) is 0 Å². The summed E-state index contributed by atoms with van der Waals surface area (Å²) in [5.41, 5.74) is 2.88. The minimum Gasteiger partial charge on any atom is -0.478 e. The molecule has 0 aliphatic carbocycles. The van der Waals surface area contributed by atoms with Crippen molar-refractivity contribution in [2.45, 2.75) is 49.2 Å². The van der Waals surface area contributed by atoms with Crippen LogP contribution in [-0.4, -0.2) is 21.7 Å². The maximum absolute atomic E-state index is 12.5. The first-order valence-corrected chi connectivity index (χ1v) is 9.45. The van der Waals surface area contributed by atoms with Crippen molar-refractivity contribution in [3.05, 3.63) is 59.2 Å². The van der Waals surface area contributed by atoms with Gasteiger partial charge >= 0.3 is 11.9 Å². The van der Waals surface area contributed by atoms with Gasteiger partial charge in [0.2, 0.25) is 0 Å². The van der Waals surface area contributed by atoms with Crippen LogP contribution in [0.15, 0.2) is 47.4 Å². The number of fused-ring (bicyclic) bond motifs is 1. The highest BCUT2D eigenvalue weighted by Crippen LogP contribution is 2.51. The molecule has 0 aromatic heterocycles. The van der Waals surface area contributed by atoms with Crippen molar-refractivity contribution in [1.82, 2.24) is 0 Å². The number of quaternary nitrogens is 1. The number of primary amides is 1. The molecular formula is C21H24NO3S+. The van der Waals surface area contributed by atoms with Gasteiger partial charge in [-0.15, -0.1) is 11.8 Å². The van der Waals surface area contributed by atoms with E-state index in [0.29, 0.717) is 5.56 Å². The lowest BCUT2D eigenvalue weighted by Crippen LogP contribution is -2.82. The van der Waals surface area contributed by atoms with Gasteiger partial charge in [-0.25, -0.2) is 14.9 Å². The molecule has 1 amide bonds. The number of benzene rings is 2. The molecule has 0 spiro atoms. The first-order valence-electron chi connectivity index (χ1n) is 8.63. The second-order valence-corrected chi connectivity index (χ2v) is 9.82. The molecule has 1 aliphatic rings. The molecule has 2 aromatic carbocycles. The van der Waals surface area contributed by atoms with Crippen molar-refractivity contribution in [1.29, 1.82) is 0 Å². The van der Waals surface area contributed by atoms with Gasteiger partial charge in [-0.2, -0.15) is 0 Å². The Labute approximate surface area is 158 Å². The molecule has 26 heavy (non-hydrogen) atoms. The maximum Gasteiger partial charge on any atom is 0.347 e. The Morgan fingerprint density at radius 3 is 2.23 bits per heavy atom. The number of hydrogen-bond acceptors (Lipinski definition) is 3. The van der Waals surface area contributed by atoms with E-state index in [0.717, 1.165) is 12.1 Å². The molecule has 0 radical (unpaired) electrons. The van der Waals surface area contributed by atoms with Crippen molar-refractivity contribution in [3.8, 4) is 0 Å². The van der Waals surface area contributed by atoms with Crippen LogP contribution >= 0.6 is 11.8 Å². The Balaban J connectivity index is 1.83. The lowest BCUT2D eigenvalue weighted by atomic mass is 9.77. The van der Waals surface area contributed by atoms with Gasteiger partial charge in [-0.05, 0) is 47.7 Å². The van der Waals surface area contributed by atoms with Crippen LogP contribution in [0.1, 0.15) is 60.4 Å². The zero-order chi connectivity index (χ0) is 19.1. The van der Waals surface area contributed by atoms with Gasteiger partial charge in [0, 0.05) is 21.8 Å². The number of rotatable bonds is 3. The second-order valence-electron chi connectivity index (χ2n) is 8.07. The molecule has 0 saturated heterocycles. The van der Waals surface area contributed by atoms with Gasteiger partial charge < -0.3 is 5.11 Å². The third-order valence-electron chi connectivity index (χ3n) is 4.70. The number of nitrogens with two attached hydrogens (primary N) is 1. The lowest BCUT2D eigenvalue weighted by molar-refractivity contribution is -0.464. The summed E-state index contributed by atoms with van der Waals surface area (Å²) >= 11 is 1.89. The van der Waals surface area contributed by atoms with E-state index in [9.17, 15) is 9.59 Å². The number of carbonyl (C=O) groups excluding carboxylic acids is 1. The molecule has 0 bridgehead atoms. The number of hydrogen-bond donors (Lipinski definition) is 2. The fourth-order valence-corrected chi connectivity index (χ4v) is 5.37. The summed E-state index contributed by atoms with van der Waals surface area (Å²) in [5.74, 6) is -1.12. The topological polar surface area (TPSA) is 71.0 Å². The summed E-state index contributed by atoms with van der Waals surface area (Å²) in [4.78, 5) is 24.7. The van der Waals surface area contributed by atoms with Crippen LogP contribution in [0.25, 0.3) is 0 Å². The van der Waals surface area contributed by atoms with Crippen molar-refractivity contribution < 1.29 is 20.0 Å². The molecule has 0 atom stereocenters. The normalized spacial score (nSPS) is 17.4. The highest BCUT2D eigenvalue weighted by atomic mass is 32.2. The third-order valence-corrected chi connectivity index (χ3v) is 5.97. The highest BCUT2D eigenvalue weighted by Gasteiger charge is 2.38. The van der Waals surface area contributed by atoms with Gasteiger partial charge in [-0.1, -0.05) is 27.7 Å². The molecule has 1 heterocycles. The summed E-state index contributed by atoms with van der Waals surface area (Å²) < 4.78 is 0.198. The van der Waals surface area contributed by atoms with Gasteiger partial charge in [-0.3, -0.25) is 0 Å². The zero-order valence-electron chi connectivity index (χ0n) is 15.5. The monoisotopic (exact) mass is 370 g/mol. The molecule has 3 rings (SSSR count). The first-order chi connectivity index (χ1) is 12.1. The van der Waals surface area contributed by atoms with E-state index in [1.54, 1.807) is 17.4 Å². The maximum atomic E-state index is 12.5. The number of thioether (sulfide) groups is 1. The summed E-state index contributed by atoms with van der Waals surface area (Å²) in [6.07, 6.45) is 1.08. The zero-order valence-corrected chi connectivity index (χ0v) is 16.3. The Morgan fingerprint density at radius 2 is 1.62 bits per heavy atom. The molecule has 136 valence electrons. The van der Waals surface area contributed by atoms with E-state index in [-0.39, 0.29) is 21.6 Å². The minimum atomic E-state index is -0.995. The lowest BCUT2D eigenvalue weighted by Gasteiger charge is -2.41. The van der Waals surface area contributed by atoms with Crippen molar-refractivity contribution >= 4 is 29.3 Å². The third kappa shape index (κ3) is 3.84. The largest absolute Gasteiger partial charge is 0.478 e. The summed E-state index contributed by atoms with van der Waals surface area (Å²) in [7, 11) is 0. The van der Waals surface area contributed by atoms with Crippen LogP contribution in [0.2, 0.25) is 0 Å². The van der Waals surface area contributed by atoms with E-state index in [4.69, 9.17) is 5.11 Å². The van der Waals surface area contributed by atoms with Crippen LogP contribution in [-0.2, 0) is 5.41 Å². The Morgan fingerprint density at radius 1 is 1.00 bits per heavy atom. The van der Waals surface area contributed by atoms with Crippen molar-refractivity contribution in [3.63, 3.8) is 0 Å². The standard InChI is InChI=1S/C21H23NO3S/c1-20(2)12-21(3,4)26-17-10-9-15(11-16(17)20)22-18(23)13-5-7-14(8-6-13)19(24)25/h5-11H,12H2,1-4H3,(H,22,23)(H,24,25)/p+1. The molecule has 3 N–H and O–H groups in total. The second kappa shape index (κ2) is 6.56. The Kier molecular flexibility index (Phi) is 4.71. The average Bonchev–Trinajstić information content (AvgIpc) is 2.54. The average molecular weight is 370 g/mol.